The lowest BCUT2D eigenvalue weighted by Crippen LogP contribution is -2.23. The number of hydrogen-bond acceptors (Lipinski definition) is 5. The van der Waals surface area contributed by atoms with Crippen LogP contribution in [0.3, 0.4) is 0 Å². The Hall–Kier alpha value is -3.52. The summed E-state index contributed by atoms with van der Waals surface area (Å²) in [6.07, 6.45) is 2.40. The van der Waals surface area contributed by atoms with Gasteiger partial charge in [-0.15, -0.1) is 0 Å². The molecule has 0 radical (unpaired) electrons. The van der Waals surface area contributed by atoms with Gasteiger partial charge in [0.05, 0.1) is 17.1 Å². The van der Waals surface area contributed by atoms with E-state index in [1.165, 1.54) is 10.7 Å². The Kier molecular flexibility index (Phi) is 7.84. The van der Waals surface area contributed by atoms with E-state index in [2.05, 4.69) is 21.0 Å². The van der Waals surface area contributed by atoms with Crippen molar-refractivity contribution in [3.63, 3.8) is 0 Å². The molecule has 0 spiro atoms. The van der Waals surface area contributed by atoms with E-state index < -0.39 is 0 Å². The average Bonchev–Trinajstić information content (AvgIpc) is 2.87. The number of benzene rings is 3. The number of hydrogen-bond donors (Lipinski definition) is 0. The summed E-state index contributed by atoms with van der Waals surface area (Å²) in [7, 11) is 3.86. The summed E-state index contributed by atoms with van der Waals surface area (Å²) in [5, 5.41) is 5.05. The minimum absolute atomic E-state index is 0.0239. The molecule has 1 heterocycles. The molecule has 0 saturated heterocycles. The number of ether oxygens (including phenoxy) is 1. The normalized spacial score (nSPS) is 12.3. The van der Waals surface area contributed by atoms with Crippen molar-refractivity contribution in [2.75, 3.05) is 19.0 Å². The van der Waals surface area contributed by atoms with Crippen molar-refractivity contribution in [3.8, 4) is 5.75 Å². The zero-order valence-electron chi connectivity index (χ0n) is 20.7. The largest absolute Gasteiger partial charge is 0.488 e. The van der Waals surface area contributed by atoms with Gasteiger partial charge in [-0.3, -0.25) is 4.79 Å². The molecule has 0 bridgehead atoms. The minimum atomic E-state index is -0.324. The van der Waals surface area contributed by atoms with E-state index in [0.29, 0.717) is 33.6 Å². The van der Waals surface area contributed by atoms with Crippen LogP contribution in [-0.2, 0) is 6.61 Å². The Balaban J connectivity index is 1.78. The molecule has 4 aromatic rings. The van der Waals surface area contributed by atoms with Gasteiger partial charge in [0.25, 0.3) is 5.56 Å². The van der Waals surface area contributed by atoms with Crippen molar-refractivity contribution < 1.29 is 9.13 Å². The van der Waals surface area contributed by atoms with Crippen molar-refractivity contribution in [1.29, 1.82) is 0 Å². The predicted octanol–water partition coefficient (Wildman–Crippen LogP) is 6.34. The molecule has 0 aliphatic heterocycles. The van der Waals surface area contributed by atoms with Crippen molar-refractivity contribution in [2.45, 2.75) is 32.8 Å². The van der Waals surface area contributed by atoms with Crippen LogP contribution >= 0.6 is 15.9 Å². The standard InChI is InChI=1S/C28H28BrFN4O2/c1-5-18(2)27-32-25-13-11-21(29)14-23(25)28(35)34(27)31-16-19-10-12-22(33(3)4)15-26(19)36-17-20-8-6-7-9-24(20)30/h6-16,18H,5,17H2,1-4H3/t18-/m0/s1. The van der Waals surface area contributed by atoms with E-state index in [9.17, 15) is 9.18 Å². The van der Waals surface area contributed by atoms with Gasteiger partial charge in [0.1, 0.15) is 24.0 Å². The molecular formula is C28H28BrFN4O2. The van der Waals surface area contributed by atoms with Gasteiger partial charge in [0.2, 0.25) is 0 Å². The van der Waals surface area contributed by atoms with Gasteiger partial charge in [-0.05, 0) is 42.8 Å². The van der Waals surface area contributed by atoms with Crippen molar-refractivity contribution in [3.05, 3.63) is 98.3 Å². The Morgan fingerprint density at radius 3 is 2.67 bits per heavy atom. The van der Waals surface area contributed by atoms with Crippen LogP contribution in [0.2, 0.25) is 0 Å². The second-order valence-corrected chi connectivity index (χ2v) is 9.71. The first kappa shape index (κ1) is 25.6. The lowest BCUT2D eigenvalue weighted by atomic mass is 10.1. The first-order chi connectivity index (χ1) is 17.3. The monoisotopic (exact) mass is 550 g/mol. The van der Waals surface area contributed by atoms with Crippen molar-refractivity contribution in [2.24, 2.45) is 5.10 Å². The zero-order valence-corrected chi connectivity index (χ0v) is 22.3. The van der Waals surface area contributed by atoms with Gasteiger partial charge in [0.15, 0.2) is 0 Å². The molecule has 0 fully saturated rings. The number of fused-ring (bicyclic) bond motifs is 1. The number of anilines is 1. The van der Waals surface area contributed by atoms with E-state index in [1.807, 2.05) is 63.2 Å². The van der Waals surface area contributed by atoms with E-state index >= 15 is 0 Å². The summed E-state index contributed by atoms with van der Waals surface area (Å²) < 4.78 is 22.4. The Morgan fingerprint density at radius 2 is 1.94 bits per heavy atom. The van der Waals surface area contributed by atoms with Crippen LogP contribution in [0.15, 0.2) is 75.0 Å². The third-order valence-electron chi connectivity index (χ3n) is 6.05. The molecule has 6 nitrogen and oxygen atoms in total. The first-order valence-electron chi connectivity index (χ1n) is 11.7. The zero-order chi connectivity index (χ0) is 25.8. The quantitative estimate of drug-likeness (QED) is 0.240. The lowest BCUT2D eigenvalue weighted by molar-refractivity contribution is 0.299. The summed E-state index contributed by atoms with van der Waals surface area (Å²) in [6.45, 7) is 4.13. The number of rotatable bonds is 8. The molecule has 0 saturated carbocycles. The van der Waals surface area contributed by atoms with Crippen LogP contribution in [0, 0.1) is 5.82 Å². The molecule has 0 N–H and O–H groups in total. The van der Waals surface area contributed by atoms with Gasteiger partial charge >= 0.3 is 0 Å². The van der Waals surface area contributed by atoms with Crippen LogP contribution in [0.5, 0.6) is 5.75 Å². The molecule has 1 aromatic heterocycles. The van der Waals surface area contributed by atoms with Crippen LogP contribution in [0.1, 0.15) is 43.1 Å². The Labute approximate surface area is 218 Å². The highest BCUT2D eigenvalue weighted by atomic mass is 79.9. The molecular weight excluding hydrogens is 523 g/mol. The predicted molar refractivity (Wildman–Crippen MR) is 147 cm³/mol. The number of halogens is 2. The fraction of sp³-hybridized carbons (Fsp3) is 0.250. The molecule has 0 aliphatic carbocycles. The molecule has 4 rings (SSSR count). The fourth-order valence-electron chi connectivity index (χ4n) is 3.70. The molecule has 0 aliphatic rings. The fourth-order valence-corrected chi connectivity index (χ4v) is 4.06. The van der Waals surface area contributed by atoms with E-state index in [0.717, 1.165) is 16.6 Å². The van der Waals surface area contributed by atoms with Crippen LogP contribution in [-0.4, -0.2) is 30.0 Å². The van der Waals surface area contributed by atoms with E-state index in [-0.39, 0.29) is 23.9 Å². The average molecular weight is 551 g/mol. The van der Waals surface area contributed by atoms with Crippen LogP contribution in [0.25, 0.3) is 10.9 Å². The molecule has 8 heteroatoms. The minimum Gasteiger partial charge on any atom is -0.488 e. The van der Waals surface area contributed by atoms with Gasteiger partial charge in [0, 0.05) is 47.4 Å². The third-order valence-corrected chi connectivity index (χ3v) is 6.55. The second kappa shape index (κ2) is 11.0. The summed E-state index contributed by atoms with van der Waals surface area (Å²) >= 11 is 3.44. The van der Waals surface area contributed by atoms with Crippen molar-refractivity contribution in [1.82, 2.24) is 9.66 Å². The first-order valence-corrected chi connectivity index (χ1v) is 12.5. The second-order valence-electron chi connectivity index (χ2n) is 8.80. The SMILES string of the molecule is CC[C@H](C)c1nc2ccc(Br)cc2c(=O)n1N=Cc1ccc(N(C)C)cc1OCc1ccccc1F. The highest BCUT2D eigenvalue weighted by molar-refractivity contribution is 9.10. The Bertz CT molecular complexity index is 1480. The van der Waals surface area contributed by atoms with Gasteiger partial charge < -0.3 is 9.64 Å². The Morgan fingerprint density at radius 1 is 1.17 bits per heavy atom. The smallest absolute Gasteiger partial charge is 0.282 e. The summed E-state index contributed by atoms with van der Waals surface area (Å²) in [4.78, 5) is 20.1. The molecule has 3 aromatic carbocycles. The number of nitrogens with zero attached hydrogens (tertiary/aromatic N) is 4. The topological polar surface area (TPSA) is 59.7 Å². The molecule has 0 unspecified atom stereocenters. The molecule has 0 amide bonds. The molecule has 36 heavy (non-hydrogen) atoms. The van der Waals surface area contributed by atoms with E-state index in [1.54, 1.807) is 30.5 Å². The maximum absolute atomic E-state index is 14.2. The molecule has 186 valence electrons. The summed E-state index contributed by atoms with van der Waals surface area (Å²) in [5.41, 5.74) is 2.43. The van der Waals surface area contributed by atoms with Gasteiger partial charge in [-0.2, -0.15) is 9.78 Å². The van der Waals surface area contributed by atoms with Gasteiger partial charge in [-0.25, -0.2) is 9.37 Å². The number of aromatic nitrogens is 2. The maximum Gasteiger partial charge on any atom is 0.282 e. The maximum atomic E-state index is 14.2. The van der Waals surface area contributed by atoms with Gasteiger partial charge in [-0.1, -0.05) is 48.0 Å². The van der Waals surface area contributed by atoms with Crippen LogP contribution in [0.4, 0.5) is 10.1 Å². The van der Waals surface area contributed by atoms with E-state index in [4.69, 9.17) is 9.72 Å². The molecule has 1 atom stereocenters. The third kappa shape index (κ3) is 5.49. The lowest BCUT2D eigenvalue weighted by Gasteiger charge is -2.17. The summed E-state index contributed by atoms with van der Waals surface area (Å²) in [6, 6.07) is 17.6. The summed E-state index contributed by atoms with van der Waals surface area (Å²) in [5.74, 6) is 0.820. The highest BCUT2D eigenvalue weighted by Crippen LogP contribution is 2.26. The van der Waals surface area contributed by atoms with Crippen molar-refractivity contribution >= 4 is 38.7 Å². The highest BCUT2D eigenvalue weighted by Gasteiger charge is 2.16. The van der Waals surface area contributed by atoms with Crippen LogP contribution < -0.4 is 15.2 Å².